The van der Waals surface area contributed by atoms with Gasteiger partial charge in [-0.2, -0.15) is 0 Å². The molecule has 18 heavy (non-hydrogen) atoms. The van der Waals surface area contributed by atoms with Crippen molar-refractivity contribution in [2.45, 2.75) is 38.1 Å². The Morgan fingerprint density at radius 3 is 2.33 bits per heavy atom. The molecule has 2 unspecified atom stereocenters. The molecule has 4 heteroatoms. The molecule has 0 saturated carbocycles. The molecule has 0 fully saturated rings. The standard InChI is InChI=1S/C14H19BrClNO/c1-4-12(15)14(18)17-13(9(2)3)10-5-7-11(16)8-6-10/h5-9,12-13H,4H2,1-3H3,(H,17,18). The average molecular weight is 333 g/mol. The van der Waals surface area contributed by atoms with Crippen LogP contribution >= 0.6 is 27.5 Å². The summed E-state index contributed by atoms with van der Waals surface area (Å²) >= 11 is 9.25. The molecule has 100 valence electrons. The van der Waals surface area contributed by atoms with Gasteiger partial charge in [0.15, 0.2) is 0 Å². The van der Waals surface area contributed by atoms with E-state index in [9.17, 15) is 4.79 Å². The lowest BCUT2D eigenvalue weighted by Gasteiger charge is -2.24. The first-order valence-electron chi connectivity index (χ1n) is 6.15. The number of alkyl halides is 1. The smallest absolute Gasteiger partial charge is 0.234 e. The number of carbonyl (C=O) groups excluding carboxylic acids is 1. The van der Waals surface area contributed by atoms with Gasteiger partial charge in [-0.25, -0.2) is 0 Å². The van der Waals surface area contributed by atoms with Gasteiger partial charge in [-0.05, 0) is 30.0 Å². The van der Waals surface area contributed by atoms with Crippen LogP contribution in [0.1, 0.15) is 38.8 Å². The van der Waals surface area contributed by atoms with Crippen LogP contribution in [0, 0.1) is 5.92 Å². The van der Waals surface area contributed by atoms with E-state index in [0.717, 1.165) is 12.0 Å². The number of nitrogens with one attached hydrogen (secondary N) is 1. The molecule has 1 aromatic rings. The fourth-order valence-electron chi connectivity index (χ4n) is 1.73. The number of amides is 1. The van der Waals surface area contributed by atoms with Crippen LogP contribution in [0.5, 0.6) is 0 Å². The maximum atomic E-state index is 11.9. The molecule has 1 amide bonds. The molecule has 2 nitrogen and oxygen atoms in total. The van der Waals surface area contributed by atoms with E-state index in [-0.39, 0.29) is 16.8 Å². The summed E-state index contributed by atoms with van der Waals surface area (Å²) in [5.41, 5.74) is 1.08. The predicted octanol–water partition coefficient (Wildman–Crippen LogP) is 4.33. The number of carbonyl (C=O) groups is 1. The summed E-state index contributed by atoms with van der Waals surface area (Å²) in [6.45, 7) is 6.16. The zero-order valence-corrected chi connectivity index (χ0v) is 13.3. The lowest BCUT2D eigenvalue weighted by molar-refractivity contribution is -0.121. The van der Waals surface area contributed by atoms with Gasteiger partial charge in [0.25, 0.3) is 0 Å². The van der Waals surface area contributed by atoms with Crippen LogP contribution in [0.25, 0.3) is 0 Å². The summed E-state index contributed by atoms with van der Waals surface area (Å²) in [4.78, 5) is 11.8. The molecule has 0 heterocycles. The van der Waals surface area contributed by atoms with E-state index in [0.29, 0.717) is 10.9 Å². The van der Waals surface area contributed by atoms with Crippen LogP contribution in [0.3, 0.4) is 0 Å². The maximum absolute atomic E-state index is 11.9. The quantitative estimate of drug-likeness (QED) is 0.799. The van der Waals surface area contributed by atoms with Gasteiger partial charge in [0.1, 0.15) is 0 Å². The van der Waals surface area contributed by atoms with E-state index in [2.05, 4.69) is 35.1 Å². The fraction of sp³-hybridized carbons (Fsp3) is 0.500. The van der Waals surface area contributed by atoms with Crippen molar-refractivity contribution in [3.05, 3.63) is 34.9 Å². The number of rotatable bonds is 5. The van der Waals surface area contributed by atoms with E-state index >= 15 is 0 Å². The van der Waals surface area contributed by atoms with E-state index in [1.807, 2.05) is 31.2 Å². The first-order chi connectivity index (χ1) is 8.45. The zero-order valence-electron chi connectivity index (χ0n) is 10.9. The molecule has 0 aliphatic carbocycles. The first kappa shape index (κ1) is 15.5. The van der Waals surface area contributed by atoms with Gasteiger partial charge in [0, 0.05) is 5.02 Å². The fourth-order valence-corrected chi connectivity index (χ4v) is 1.99. The van der Waals surface area contributed by atoms with Gasteiger partial charge < -0.3 is 5.32 Å². The molecule has 0 aliphatic heterocycles. The molecule has 0 radical (unpaired) electrons. The highest BCUT2D eigenvalue weighted by Gasteiger charge is 2.21. The van der Waals surface area contributed by atoms with Crippen molar-refractivity contribution in [2.24, 2.45) is 5.92 Å². The Hall–Kier alpha value is -0.540. The van der Waals surface area contributed by atoms with Gasteiger partial charge in [-0.3, -0.25) is 4.79 Å². The molecule has 2 atom stereocenters. The Balaban J connectivity index is 2.83. The lowest BCUT2D eigenvalue weighted by atomic mass is 9.96. The maximum Gasteiger partial charge on any atom is 0.234 e. The number of halogens is 2. The normalized spacial score (nSPS) is 14.3. The molecule has 0 saturated heterocycles. The molecular formula is C14H19BrClNO. The van der Waals surface area contributed by atoms with Gasteiger partial charge >= 0.3 is 0 Å². The second-order valence-electron chi connectivity index (χ2n) is 4.66. The van der Waals surface area contributed by atoms with Crippen LogP contribution in [0.15, 0.2) is 24.3 Å². The van der Waals surface area contributed by atoms with Gasteiger partial charge in [-0.1, -0.05) is 60.4 Å². The third-order valence-electron chi connectivity index (χ3n) is 2.84. The zero-order chi connectivity index (χ0) is 13.7. The Morgan fingerprint density at radius 2 is 1.89 bits per heavy atom. The van der Waals surface area contributed by atoms with E-state index in [1.165, 1.54) is 0 Å². The highest BCUT2D eigenvalue weighted by molar-refractivity contribution is 9.10. The second-order valence-corrected chi connectivity index (χ2v) is 6.20. The second kappa shape index (κ2) is 7.15. The first-order valence-corrected chi connectivity index (χ1v) is 7.45. The minimum atomic E-state index is -0.133. The van der Waals surface area contributed by atoms with E-state index in [4.69, 9.17) is 11.6 Å². The average Bonchev–Trinajstić information content (AvgIpc) is 2.35. The molecule has 1 N–H and O–H groups in total. The number of hydrogen-bond donors (Lipinski definition) is 1. The summed E-state index contributed by atoms with van der Waals surface area (Å²) in [5, 5.41) is 3.78. The molecular weight excluding hydrogens is 314 g/mol. The van der Waals surface area contributed by atoms with Crippen LogP contribution < -0.4 is 5.32 Å². The molecule has 1 rings (SSSR count). The van der Waals surface area contributed by atoms with Crippen molar-refractivity contribution in [3.8, 4) is 0 Å². The highest BCUT2D eigenvalue weighted by Crippen LogP contribution is 2.24. The Labute approximate surface area is 122 Å². The summed E-state index contributed by atoms with van der Waals surface area (Å²) in [6, 6.07) is 7.64. The van der Waals surface area contributed by atoms with Crippen molar-refractivity contribution in [3.63, 3.8) is 0 Å². The highest BCUT2D eigenvalue weighted by atomic mass is 79.9. The number of hydrogen-bond acceptors (Lipinski definition) is 1. The van der Waals surface area contributed by atoms with Gasteiger partial charge in [0.2, 0.25) is 5.91 Å². The van der Waals surface area contributed by atoms with Crippen molar-refractivity contribution in [2.75, 3.05) is 0 Å². The van der Waals surface area contributed by atoms with Crippen molar-refractivity contribution in [1.82, 2.24) is 5.32 Å². The van der Waals surface area contributed by atoms with Crippen molar-refractivity contribution in [1.29, 1.82) is 0 Å². The number of benzene rings is 1. The third kappa shape index (κ3) is 4.29. The summed E-state index contributed by atoms with van der Waals surface area (Å²) in [6.07, 6.45) is 0.775. The molecule has 1 aromatic carbocycles. The Morgan fingerprint density at radius 1 is 1.33 bits per heavy atom. The molecule has 0 bridgehead atoms. The SMILES string of the molecule is CCC(Br)C(=O)NC(c1ccc(Cl)cc1)C(C)C. The lowest BCUT2D eigenvalue weighted by Crippen LogP contribution is -2.36. The van der Waals surface area contributed by atoms with Gasteiger partial charge in [0.05, 0.1) is 10.9 Å². The van der Waals surface area contributed by atoms with Crippen LogP contribution in [0.4, 0.5) is 0 Å². The molecule has 0 aliphatic rings. The van der Waals surface area contributed by atoms with Crippen LogP contribution in [0.2, 0.25) is 5.02 Å². The van der Waals surface area contributed by atoms with Crippen LogP contribution in [-0.4, -0.2) is 10.7 Å². The Bertz CT molecular complexity index is 391. The summed E-state index contributed by atoms with van der Waals surface area (Å²) < 4.78 is 0. The van der Waals surface area contributed by atoms with E-state index < -0.39 is 0 Å². The van der Waals surface area contributed by atoms with Crippen molar-refractivity contribution >= 4 is 33.4 Å². The topological polar surface area (TPSA) is 29.1 Å². The Kier molecular flexibility index (Phi) is 6.16. The minimum Gasteiger partial charge on any atom is -0.348 e. The van der Waals surface area contributed by atoms with E-state index in [1.54, 1.807) is 0 Å². The summed E-state index contributed by atoms with van der Waals surface area (Å²) in [5.74, 6) is 0.359. The predicted molar refractivity (Wildman–Crippen MR) is 80.2 cm³/mol. The third-order valence-corrected chi connectivity index (χ3v) is 4.15. The van der Waals surface area contributed by atoms with Gasteiger partial charge in [-0.15, -0.1) is 0 Å². The molecule has 0 spiro atoms. The largest absolute Gasteiger partial charge is 0.348 e. The van der Waals surface area contributed by atoms with Crippen molar-refractivity contribution < 1.29 is 4.79 Å². The summed E-state index contributed by atoms with van der Waals surface area (Å²) in [7, 11) is 0. The molecule has 0 aromatic heterocycles. The monoisotopic (exact) mass is 331 g/mol. The van der Waals surface area contributed by atoms with Crippen LogP contribution in [-0.2, 0) is 4.79 Å². The minimum absolute atomic E-state index is 0.0152.